The third kappa shape index (κ3) is 6.10. The van der Waals surface area contributed by atoms with E-state index in [-0.39, 0.29) is 25.4 Å². The van der Waals surface area contributed by atoms with Crippen molar-refractivity contribution in [3.8, 4) is 5.69 Å². The molecule has 0 aliphatic carbocycles. The van der Waals surface area contributed by atoms with E-state index in [1.54, 1.807) is 48.4 Å². The van der Waals surface area contributed by atoms with Crippen molar-refractivity contribution in [2.75, 3.05) is 62.8 Å². The van der Waals surface area contributed by atoms with E-state index in [2.05, 4.69) is 15.5 Å². The maximum absolute atomic E-state index is 13.3. The van der Waals surface area contributed by atoms with Gasteiger partial charge in [-0.3, -0.25) is 19.3 Å². The zero-order chi connectivity index (χ0) is 29.8. The van der Waals surface area contributed by atoms with Crippen molar-refractivity contribution >= 4 is 46.7 Å². The van der Waals surface area contributed by atoms with Crippen LogP contribution in [0.15, 0.2) is 48.8 Å². The Hall–Kier alpha value is -4.40. The summed E-state index contributed by atoms with van der Waals surface area (Å²) >= 11 is 6.19. The molecule has 2 aliphatic heterocycles. The minimum Gasteiger partial charge on any atom is -0.480 e. The third-order valence-corrected chi connectivity index (χ3v) is 7.56. The number of hydrogen-bond donors (Lipinski definition) is 1. The minimum absolute atomic E-state index is 0.0109. The number of piperazine rings is 2. The van der Waals surface area contributed by atoms with Crippen LogP contribution >= 0.6 is 11.6 Å². The Labute approximate surface area is 246 Å². The average molecular weight is 597 g/mol. The predicted molar refractivity (Wildman–Crippen MR) is 150 cm³/mol. The van der Waals surface area contributed by atoms with Gasteiger partial charge in [0.25, 0.3) is 0 Å². The van der Waals surface area contributed by atoms with Gasteiger partial charge < -0.3 is 24.5 Å². The number of benzene rings is 2. The van der Waals surface area contributed by atoms with Crippen molar-refractivity contribution in [2.45, 2.75) is 12.5 Å². The number of halogens is 1. The summed E-state index contributed by atoms with van der Waals surface area (Å²) in [5, 5.41) is 21.5. The molecule has 5 rings (SSSR count). The lowest BCUT2D eigenvalue weighted by Crippen LogP contribution is -2.59. The van der Waals surface area contributed by atoms with Crippen LogP contribution in [0.25, 0.3) is 5.69 Å². The molecule has 0 radical (unpaired) electrons. The predicted octanol–water partition coefficient (Wildman–Crippen LogP) is 0.482. The van der Waals surface area contributed by atoms with Crippen LogP contribution < -0.4 is 9.80 Å². The van der Waals surface area contributed by atoms with Crippen molar-refractivity contribution in [3.05, 3.63) is 59.4 Å². The van der Waals surface area contributed by atoms with Gasteiger partial charge in [0.15, 0.2) is 0 Å². The summed E-state index contributed by atoms with van der Waals surface area (Å²) in [6.07, 6.45) is 1.33. The lowest BCUT2D eigenvalue weighted by atomic mass is 10.0. The highest BCUT2D eigenvalue weighted by molar-refractivity contribution is 6.41. The number of nitrogens with zero attached hydrogens (tertiary/aromatic N) is 8. The fraction of sp³-hybridized carbons (Fsp3) is 0.370. The Kier molecular flexibility index (Phi) is 8.75. The van der Waals surface area contributed by atoms with Crippen LogP contribution in [0.5, 0.6) is 0 Å². The normalized spacial score (nSPS) is 17.2. The van der Waals surface area contributed by atoms with Gasteiger partial charge >= 0.3 is 17.8 Å². The second-order valence-corrected chi connectivity index (χ2v) is 10.3. The number of carboxylic acid groups (broad SMARTS) is 1. The molecule has 2 fully saturated rings. The molecule has 0 unspecified atom stereocenters. The summed E-state index contributed by atoms with van der Waals surface area (Å²) in [5.41, 5.74) is 2.12. The first-order valence-corrected chi connectivity index (χ1v) is 13.6. The fourth-order valence-electron chi connectivity index (χ4n) is 5.13. The molecule has 3 heterocycles. The van der Waals surface area contributed by atoms with Gasteiger partial charge in [-0.15, -0.1) is 5.10 Å². The molecular weight excluding hydrogens is 568 g/mol. The van der Waals surface area contributed by atoms with E-state index >= 15 is 0 Å². The molecule has 0 saturated carbocycles. The Balaban J connectivity index is 1.28. The molecule has 220 valence electrons. The zero-order valence-corrected chi connectivity index (χ0v) is 23.6. The summed E-state index contributed by atoms with van der Waals surface area (Å²) in [4.78, 5) is 57.6. The lowest BCUT2D eigenvalue weighted by molar-refractivity contribution is -0.155. The van der Waals surface area contributed by atoms with Gasteiger partial charge in [-0.1, -0.05) is 23.7 Å². The number of aromatic nitrogens is 4. The second kappa shape index (κ2) is 12.6. The van der Waals surface area contributed by atoms with E-state index in [1.165, 1.54) is 22.0 Å². The largest absolute Gasteiger partial charge is 0.480 e. The first-order chi connectivity index (χ1) is 20.3. The van der Waals surface area contributed by atoms with E-state index in [1.807, 2.05) is 4.90 Å². The lowest BCUT2D eigenvalue weighted by Gasteiger charge is -2.37. The van der Waals surface area contributed by atoms with E-state index in [0.29, 0.717) is 60.4 Å². The molecule has 0 spiro atoms. The Morgan fingerprint density at radius 2 is 1.76 bits per heavy atom. The highest BCUT2D eigenvalue weighted by atomic mass is 35.5. The average Bonchev–Trinajstić information content (AvgIpc) is 3.52. The van der Waals surface area contributed by atoms with E-state index < -0.39 is 23.8 Å². The highest BCUT2D eigenvalue weighted by Crippen LogP contribution is 2.30. The number of aliphatic carboxylic acids is 1. The van der Waals surface area contributed by atoms with Crippen LogP contribution in [0.3, 0.4) is 0 Å². The van der Waals surface area contributed by atoms with Crippen LogP contribution in [-0.2, 0) is 30.3 Å². The van der Waals surface area contributed by atoms with Crippen LogP contribution in [-0.4, -0.2) is 118 Å². The van der Waals surface area contributed by atoms with Crippen molar-refractivity contribution in [3.63, 3.8) is 0 Å². The Morgan fingerprint density at radius 3 is 2.43 bits per heavy atom. The molecule has 15 heteroatoms. The number of amides is 3. The number of carbonyl (C=O) groups excluding carboxylic acids is 3. The van der Waals surface area contributed by atoms with Crippen LogP contribution in [0, 0.1) is 0 Å². The van der Waals surface area contributed by atoms with Gasteiger partial charge in [-0.25, -0.2) is 4.79 Å². The Morgan fingerprint density at radius 1 is 1.00 bits per heavy atom. The molecule has 14 nitrogen and oxygen atoms in total. The quantitative estimate of drug-likeness (QED) is 0.327. The monoisotopic (exact) mass is 596 g/mol. The number of carboxylic acids is 1. The fourth-order valence-corrected chi connectivity index (χ4v) is 5.29. The first kappa shape index (κ1) is 29.1. The molecule has 3 aromatic rings. The molecule has 1 N–H and O–H groups in total. The van der Waals surface area contributed by atoms with E-state index in [0.717, 1.165) is 4.90 Å². The smallest absolute Gasteiger partial charge is 0.326 e. The number of methoxy groups -OCH3 is 1. The maximum atomic E-state index is 13.3. The van der Waals surface area contributed by atoms with Crippen LogP contribution in [0.1, 0.15) is 5.56 Å². The number of rotatable bonds is 10. The number of hydrogen-bond acceptors (Lipinski definition) is 9. The molecule has 2 aliphatic rings. The van der Waals surface area contributed by atoms with Gasteiger partial charge in [-0.05, 0) is 46.3 Å². The van der Waals surface area contributed by atoms with Gasteiger partial charge in [0, 0.05) is 57.0 Å². The molecule has 0 bridgehead atoms. The highest BCUT2D eigenvalue weighted by Gasteiger charge is 2.40. The number of tetrazole rings is 1. The van der Waals surface area contributed by atoms with E-state index in [9.17, 15) is 24.3 Å². The summed E-state index contributed by atoms with van der Waals surface area (Å²) in [6, 6.07) is 10.5. The number of carbonyl (C=O) groups is 4. The van der Waals surface area contributed by atoms with Crippen molar-refractivity contribution in [1.29, 1.82) is 0 Å². The summed E-state index contributed by atoms with van der Waals surface area (Å²) in [6.45, 7) is 2.80. The first-order valence-electron chi connectivity index (χ1n) is 13.3. The van der Waals surface area contributed by atoms with Crippen molar-refractivity contribution in [2.24, 2.45) is 0 Å². The zero-order valence-electron chi connectivity index (χ0n) is 22.8. The molecule has 3 amide bonds. The number of anilines is 2. The second-order valence-electron chi connectivity index (χ2n) is 9.88. The molecule has 2 aromatic carbocycles. The molecule has 1 aromatic heterocycles. The van der Waals surface area contributed by atoms with Crippen LogP contribution in [0.4, 0.5) is 11.4 Å². The molecule has 42 heavy (non-hydrogen) atoms. The summed E-state index contributed by atoms with van der Waals surface area (Å²) < 4.78 is 6.43. The topological polar surface area (TPSA) is 154 Å². The summed E-state index contributed by atoms with van der Waals surface area (Å²) in [5.74, 6) is -3.08. The van der Waals surface area contributed by atoms with Gasteiger partial charge in [0.05, 0.1) is 24.5 Å². The summed E-state index contributed by atoms with van der Waals surface area (Å²) in [7, 11) is 1.62. The molecule has 1 atom stereocenters. The van der Waals surface area contributed by atoms with E-state index in [4.69, 9.17) is 16.3 Å². The minimum atomic E-state index is -1.27. The van der Waals surface area contributed by atoms with Gasteiger partial charge in [0.2, 0.25) is 5.91 Å². The molecule has 2 saturated heterocycles. The van der Waals surface area contributed by atoms with Crippen molar-refractivity contribution in [1.82, 2.24) is 30.0 Å². The maximum Gasteiger partial charge on any atom is 0.326 e. The van der Waals surface area contributed by atoms with Gasteiger partial charge in [0.1, 0.15) is 12.4 Å². The molecular formula is C27H29ClN8O6. The van der Waals surface area contributed by atoms with Crippen molar-refractivity contribution < 1.29 is 29.0 Å². The van der Waals surface area contributed by atoms with Gasteiger partial charge in [-0.2, -0.15) is 4.68 Å². The standard InChI is InChI=1S/C27H29ClN8O6/c1-42-13-12-32-8-9-33(24(37)16-32)20-5-2-18(3-6-20)14-23(27(40)41)35-11-10-34(25(38)26(35)39)22-15-19(28)4-7-21(22)36-17-29-30-31-36/h2-7,15,17,23H,8-14,16H2,1H3,(H,40,41)/t23-/m0/s1. The number of ether oxygens (including phenoxy) is 1. The third-order valence-electron chi connectivity index (χ3n) is 7.33. The SMILES string of the molecule is COCCN1CCN(c2ccc(C[C@@H](C(=O)O)N3CCN(c4cc(Cl)ccc4-n4cnnn4)C(=O)C3=O)cc2)C(=O)C1. The Bertz CT molecular complexity index is 1470. The van der Waals surface area contributed by atoms with Crippen LogP contribution in [0.2, 0.25) is 5.02 Å².